The van der Waals surface area contributed by atoms with Crippen LogP contribution in [0, 0.1) is 5.82 Å². The Morgan fingerprint density at radius 1 is 1.52 bits per heavy atom. The number of nitrogens with one attached hydrogen (secondary N) is 1. The van der Waals surface area contributed by atoms with Crippen molar-refractivity contribution < 1.29 is 13.9 Å². The van der Waals surface area contributed by atoms with Crippen molar-refractivity contribution in [1.29, 1.82) is 0 Å². The number of rotatable bonds is 3. The second kappa shape index (κ2) is 6.68. The fraction of sp³-hybridized carbons (Fsp3) is 0.375. The summed E-state index contributed by atoms with van der Waals surface area (Å²) in [6.07, 6.45) is 4.97. The maximum absolute atomic E-state index is 13.1. The third-order valence-corrected chi connectivity index (χ3v) is 4.20. The van der Waals surface area contributed by atoms with Gasteiger partial charge < -0.3 is 10.1 Å². The minimum Gasteiger partial charge on any atom is -0.373 e. The topological polar surface area (TPSA) is 56.2 Å². The molecule has 1 aromatic carbocycles. The minimum atomic E-state index is -0.464. The van der Waals surface area contributed by atoms with Crippen molar-refractivity contribution in [3.05, 3.63) is 52.6 Å². The van der Waals surface area contributed by atoms with Crippen molar-refractivity contribution in [2.24, 2.45) is 7.05 Å². The molecule has 2 aromatic rings. The van der Waals surface area contributed by atoms with Gasteiger partial charge in [-0.05, 0) is 31.0 Å². The van der Waals surface area contributed by atoms with Gasteiger partial charge in [0.1, 0.15) is 5.82 Å². The molecular formula is C16H17ClFN3O2. The standard InChI is InChI=1S/C16H17ClFN3O2/c1-21-9-10(8-19-21)15-7-12(4-5-23-15)20-16(22)13-3-2-11(18)6-14(13)17/h2-3,6,8-9,12,15H,4-5,7H2,1H3,(H,20,22)/t12-,15-/m0/s1. The van der Waals surface area contributed by atoms with Crippen LogP contribution in [-0.2, 0) is 11.8 Å². The van der Waals surface area contributed by atoms with Crippen LogP contribution in [0.1, 0.15) is 34.9 Å². The SMILES string of the molecule is Cn1cc([C@@H]2C[C@@H](NC(=O)c3ccc(F)cc3Cl)CCO2)cn1. The van der Waals surface area contributed by atoms with Crippen LogP contribution in [0.5, 0.6) is 0 Å². The Morgan fingerprint density at radius 3 is 3.04 bits per heavy atom. The summed E-state index contributed by atoms with van der Waals surface area (Å²) in [4.78, 5) is 12.3. The fourth-order valence-corrected chi connectivity index (χ4v) is 2.96. The molecule has 1 N–H and O–H groups in total. The third-order valence-electron chi connectivity index (χ3n) is 3.89. The Bertz CT molecular complexity index is 719. The van der Waals surface area contributed by atoms with E-state index >= 15 is 0 Å². The molecule has 3 rings (SSSR count). The summed E-state index contributed by atoms with van der Waals surface area (Å²) < 4.78 is 20.5. The van der Waals surface area contributed by atoms with E-state index in [-0.39, 0.29) is 28.6 Å². The molecule has 7 heteroatoms. The van der Waals surface area contributed by atoms with Crippen molar-refractivity contribution in [2.45, 2.75) is 25.0 Å². The Morgan fingerprint density at radius 2 is 2.35 bits per heavy atom. The molecule has 23 heavy (non-hydrogen) atoms. The molecular weight excluding hydrogens is 321 g/mol. The van der Waals surface area contributed by atoms with Gasteiger partial charge in [0.25, 0.3) is 5.91 Å². The van der Waals surface area contributed by atoms with Gasteiger partial charge in [-0.1, -0.05) is 11.6 Å². The first-order valence-electron chi connectivity index (χ1n) is 7.39. The van der Waals surface area contributed by atoms with Crippen LogP contribution in [0.2, 0.25) is 5.02 Å². The summed E-state index contributed by atoms with van der Waals surface area (Å²) in [6, 6.07) is 3.73. The van der Waals surface area contributed by atoms with Crippen molar-refractivity contribution in [2.75, 3.05) is 6.61 Å². The van der Waals surface area contributed by atoms with Gasteiger partial charge in [-0.15, -0.1) is 0 Å². The summed E-state index contributed by atoms with van der Waals surface area (Å²) in [5.41, 5.74) is 1.27. The summed E-state index contributed by atoms with van der Waals surface area (Å²) in [7, 11) is 1.85. The first kappa shape index (κ1) is 16.0. The van der Waals surface area contributed by atoms with Gasteiger partial charge in [-0.25, -0.2) is 4.39 Å². The second-order valence-corrected chi connectivity index (χ2v) is 6.03. The molecule has 0 saturated carbocycles. The maximum Gasteiger partial charge on any atom is 0.253 e. The number of benzene rings is 1. The number of amides is 1. The summed E-state index contributed by atoms with van der Waals surface area (Å²) in [5.74, 6) is -0.763. The van der Waals surface area contributed by atoms with Gasteiger partial charge in [0.2, 0.25) is 0 Å². The van der Waals surface area contributed by atoms with E-state index in [1.807, 2.05) is 13.2 Å². The Hall–Kier alpha value is -1.92. The maximum atomic E-state index is 13.1. The predicted octanol–water partition coefficient (Wildman–Crippen LogP) is 2.86. The smallest absolute Gasteiger partial charge is 0.253 e. The molecule has 0 spiro atoms. The van der Waals surface area contributed by atoms with E-state index in [2.05, 4.69) is 10.4 Å². The summed E-state index contributed by atoms with van der Waals surface area (Å²) in [5, 5.41) is 7.20. The highest BCUT2D eigenvalue weighted by Crippen LogP contribution is 2.28. The van der Waals surface area contributed by atoms with Gasteiger partial charge in [-0.3, -0.25) is 9.48 Å². The van der Waals surface area contributed by atoms with Gasteiger partial charge in [0.15, 0.2) is 0 Å². The molecule has 1 amide bonds. The lowest BCUT2D eigenvalue weighted by molar-refractivity contribution is 0.000869. The Kier molecular flexibility index (Phi) is 4.63. The third kappa shape index (κ3) is 3.71. The Labute approximate surface area is 138 Å². The van der Waals surface area contributed by atoms with Crippen LogP contribution in [-0.4, -0.2) is 28.3 Å². The highest BCUT2D eigenvalue weighted by Gasteiger charge is 2.26. The molecule has 122 valence electrons. The first-order chi connectivity index (χ1) is 11.0. The highest BCUT2D eigenvalue weighted by molar-refractivity contribution is 6.33. The van der Waals surface area contributed by atoms with E-state index in [0.29, 0.717) is 13.0 Å². The number of hydrogen-bond donors (Lipinski definition) is 1. The number of nitrogens with zero attached hydrogens (tertiary/aromatic N) is 2. The zero-order valence-corrected chi connectivity index (χ0v) is 13.4. The van der Waals surface area contributed by atoms with Crippen molar-refractivity contribution in [3.63, 3.8) is 0 Å². The molecule has 1 fully saturated rings. The molecule has 0 unspecified atom stereocenters. The van der Waals surface area contributed by atoms with Crippen molar-refractivity contribution in [3.8, 4) is 0 Å². The van der Waals surface area contributed by atoms with Crippen LogP contribution in [0.3, 0.4) is 0 Å². The number of aromatic nitrogens is 2. The van der Waals surface area contributed by atoms with E-state index in [4.69, 9.17) is 16.3 Å². The lowest BCUT2D eigenvalue weighted by atomic mass is 9.99. The van der Waals surface area contributed by atoms with Crippen LogP contribution >= 0.6 is 11.6 Å². The van der Waals surface area contributed by atoms with Gasteiger partial charge >= 0.3 is 0 Å². The molecule has 0 radical (unpaired) electrons. The molecule has 2 atom stereocenters. The van der Waals surface area contributed by atoms with Gasteiger partial charge in [0, 0.05) is 31.5 Å². The number of halogens is 2. The van der Waals surface area contributed by atoms with Crippen molar-refractivity contribution >= 4 is 17.5 Å². The number of ether oxygens (including phenoxy) is 1. The van der Waals surface area contributed by atoms with Gasteiger partial charge in [-0.2, -0.15) is 5.10 Å². The molecule has 5 nitrogen and oxygen atoms in total. The van der Waals surface area contributed by atoms with Crippen molar-refractivity contribution in [1.82, 2.24) is 15.1 Å². The Balaban J connectivity index is 1.66. The fourth-order valence-electron chi connectivity index (χ4n) is 2.70. The zero-order chi connectivity index (χ0) is 16.4. The minimum absolute atomic E-state index is 0.0254. The summed E-state index contributed by atoms with van der Waals surface area (Å²) >= 11 is 5.93. The number of hydrogen-bond acceptors (Lipinski definition) is 3. The molecule has 1 aliphatic rings. The van der Waals surface area contributed by atoms with E-state index in [9.17, 15) is 9.18 Å². The van der Waals surface area contributed by atoms with E-state index < -0.39 is 5.82 Å². The average Bonchev–Trinajstić information content (AvgIpc) is 2.94. The lowest BCUT2D eigenvalue weighted by Gasteiger charge is -2.29. The lowest BCUT2D eigenvalue weighted by Crippen LogP contribution is -2.39. The zero-order valence-electron chi connectivity index (χ0n) is 12.6. The molecule has 1 aromatic heterocycles. The van der Waals surface area contributed by atoms with E-state index in [0.717, 1.165) is 18.1 Å². The monoisotopic (exact) mass is 337 g/mol. The van der Waals surface area contributed by atoms with E-state index in [1.54, 1.807) is 10.9 Å². The van der Waals surface area contributed by atoms with Crippen LogP contribution in [0.4, 0.5) is 4.39 Å². The second-order valence-electron chi connectivity index (χ2n) is 5.63. The highest BCUT2D eigenvalue weighted by atomic mass is 35.5. The molecule has 0 aliphatic carbocycles. The molecule has 0 bridgehead atoms. The molecule has 2 heterocycles. The largest absolute Gasteiger partial charge is 0.373 e. The number of carbonyl (C=O) groups excluding carboxylic acids is 1. The van der Waals surface area contributed by atoms with Crippen LogP contribution in [0.15, 0.2) is 30.6 Å². The molecule has 1 saturated heterocycles. The normalized spacial score (nSPS) is 21.2. The average molecular weight is 338 g/mol. The van der Waals surface area contributed by atoms with Gasteiger partial charge in [0.05, 0.1) is 22.9 Å². The van der Waals surface area contributed by atoms with Crippen LogP contribution < -0.4 is 5.32 Å². The predicted molar refractivity (Wildman–Crippen MR) is 83.8 cm³/mol. The van der Waals surface area contributed by atoms with Crippen LogP contribution in [0.25, 0.3) is 0 Å². The first-order valence-corrected chi connectivity index (χ1v) is 7.77. The van der Waals surface area contributed by atoms with E-state index in [1.165, 1.54) is 12.1 Å². The number of carbonyl (C=O) groups is 1. The number of aryl methyl sites for hydroxylation is 1. The summed E-state index contributed by atoms with van der Waals surface area (Å²) in [6.45, 7) is 0.557. The quantitative estimate of drug-likeness (QED) is 0.937. The molecule has 1 aliphatic heterocycles.